The average molecular weight is 216 g/mol. The van der Waals surface area contributed by atoms with E-state index in [0.29, 0.717) is 6.61 Å². The number of benzene rings is 1. The number of nitrogens with two attached hydrogens (primary N) is 1. The Balaban J connectivity index is 2.36. The van der Waals surface area contributed by atoms with Gasteiger partial charge in [-0.25, -0.2) is 0 Å². The lowest BCUT2D eigenvalue weighted by molar-refractivity contribution is 0.188. The van der Waals surface area contributed by atoms with Crippen molar-refractivity contribution >= 4 is 10.8 Å². The summed E-state index contributed by atoms with van der Waals surface area (Å²) in [4.78, 5) is 4.11. The second-order valence-corrected chi connectivity index (χ2v) is 3.83. The van der Waals surface area contributed by atoms with E-state index in [0.717, 1.165) is 17.4 Å². The van der Waals surface area contributed by atoms with Crippen LogP contribution < -0.4 is 5.73 Å². The van der Waals surface area contributed by atoms with Crippen LogP contribution in [-0.2, 0) is 4.74 Å². The number of nitrogens with zero attached hydrogens (tertiary/aromatic N) is 1. The second kappa shape index (κ2) is 5.05. The first-order valence-electron chi connectivity index (χ1n) is 5.40. The molecule has 0 aliphatic carbocycles. The van der Waals surface area contributed by atoms with Crippen LogP contribution >= 0.6 is 0 Å². The van der Waals surface area contributed by atoms with E-state index in [1.54, 1.807) is 13.3 Å². The summed E-state index contributed by atoms with van der Waals surface area (Å²) in [6.45, 7) is 0.683. The minimum Gasteiger partial charge on any atom is -0.385 e. The Bertz CT molecular complexity index is 465. The Hall–Kier alpha value is -1.45. The third-order valence-corrected chi connectivity index (χ3v) is 2.75. The summed E-state index contributed by atoms with van der Waals surface area (Å²) < 4.78 is 5.05. The quantitative estimate of drug-likeness (QED) is 0.852. The van der Waals surface area contributed by atoms with E-state index in [4.69, 9.17) is 10.5 Å². The predicted molar refractivity (Wildman–Crippen MR) is 65.2 cm³/mol. The van der Waals surface area contributed by atoms with Crippen molar-refractivity contribution in [3.8, 4) is 0 Å². The van der Waals surface area contributed by atoms with Crippen LogP contribution in [0.1, 0.15) is 18.0 Å². The maximum Gasteiger partial charge on any atom is 0.0480 e. The molecular formula is C13H16N2O. The number of fused-ring (bicyclic) bond motifs is 1. The molecule has 2 N–H and O–H groups in total. The van der Waals surface area contributed by atoms with Crippen molar-refractivity contribution in [1.82, 2.24) is 4.98 Å². The van der Waals surface area contributed by atoms with Crippen molar-refractivity contribution in [3.05, 3.63) is 42.2 Å². The first-order valence-corrected chi connectivity index (χ1v) is 5.40. The number of rotatable bonds is 4. The SMILES string of the molecule is COCCC(N)c1cccc2cnccc12. The van der Waals surface area contributed by atoms with Crippen molar-refractivity contribution in [3.63, 3.8) is 0 Å². The van der Waals surface area contributed by atoms with Gasteiger partial charge in [0.1, 0.15) is 0 Å². The highest BCUT2D eigenvalue weighted by Crippen LogP contribution is 2.23. The van der Waals surface area contributed by atoms with E-state index in [-0.39, 0.29) is 6.04 Å². The van der Waals surface area contributed by atoms with Crippen LogP contribution in [-0.4, -0.2) is 18.7 Å². The van der Waals surface area contributed by atoms with Crippen LogP contribution in [0.5, 0.6) is 0 Å². The maximum atomic E-state index is 6.15. The Labute approximate surface area is 95.2 Å². The van der Waals surface area contributed by atoms with Crippen LogP contribution in [0.25, 0.3) is 10.8 Å². The summed E-state index contributed by atoms with van der Waals surface area (Å²) in [5, 5.41) is 2.31. The van der Waals surface area contributed by atoms with Crippen LogP contribution in [0.2, 0.25) is 0 Å². The molecule has 0 aliphatic rings. The van der Waals surface area contributed by atoms with Crippen molar-refractivity contribution < 1.29 is 4.74 Å². The standard InChI is InChI=1S/C13H16N2O/c1-16-8-6-13(14)12-4-2-3-10-9-15-7-5-11(10)12/h2-5,7,9,13H,6,8,14H2,1H3. The fraction of sp³-hybridized carbons (Fsp3) is 0.308. The first kappa shape index (κ1) is 11.0. The molecular weight excluding hydrogens is 200 g/mol. The predicted octanol–water partition coefficient (Wildman–Crippen LogP) is 2.27. The van der Waals surface area contributed by atoms with Crippen LogP contribution in [0.4, 0.5) is 0 Å². The van der Waals surface area contributed by atoms with Gasteiger partial charge in [0.05, 0.1) is 0 Å². The van der Waals surface area contributed by atoms with Crippen molar-refractivity contribution in [1.29, 1.82) is 0 Å². The molecule has 3 nitrogen and oxygen atoms in total. The van der Waals surface area contributed by atoms with Crippen molar-refractivity contribution in [2.45, 2.75) is 12.5 Å². The molecule has 0 aliphatic heterocycles. The average Bonchev–Trinajstić information content (AvgIpc) is 2.35. The smallest absolute Gasteiger partial charge is 0.0480 e. The molecule has 0 amide bonds. The molecule has 0 spiro atoms. The van der Waals surface area contributed by atoms with E-state index in [1.807, 2.05) is 18.3 Å². The van der Waals surface area contributed by atoms with E-state index in [9.17, 15) is 0 Å². The van der Waals surface area contributed by atoms with Gasteiger partial charge in [0.2, 0.25) is 0 Å². The molecule has 0 saturated carbocycles. The topological polar surface area (TPSA) is 48.1 Å². The minimum absolute atomic E-state index is 0.0195. The zero-order valence-electron chi connectivity index (χ0n) is 9.39. The van der Waals surface area contributed by atoms with Gasteiger partial charge in [-0.3, -0.25) is 4.98 Å². The van der Waals surface area contributed by atoms with Crippen molar-refractivity contribution in [2.24, 2.45) is 5.73 Å². The highest BCUT2D eigenvalue weighted by molar-refractivity contribution is 5.85. The van der Waals surface area contributed by atoms with Gasteiger partial charge in [0.15, 0.2) is 0 Å². The van der Waals surface area contributed by atoms with Gasteiger partial charge in [-0.2, -0.15) is 0 Å². The number of hydrogen-bond donors (Lipinski definition) is 1. The molecule has 0 radical (unpaired) electrons. The number of aromatic nitrogens is 1. The molecule has 2 aromatic rings. The summed E-state index contributed by atoms with van der Waals surface area (Å²) in [5.74, 6) is 0. The van der Waals surface area contributed by atoms with E-state index in [1.165, 1.54) is 5.39 Å². The normalized spacial score (nSPS) is 12.9. The zero-order valence-corrected chi connectivity index (χ0v) is 9.39. The molecule has 1 unspecified atom stereocenters. The number of pyridine rings is 1. The van der Waals surface area contributed by atoms with Gasteiger partial charge in [0.25, 0.3) is 0 Å². The number of hydrogen-bond acceptors (Lipinski definition) is 3. The van der Waals surface area contributed by atoms with Crippen molar-refractivity contribution in [2.75, 3.05) is 13.7 Å². The summed E-state index contributed by atoms with van der Waals surface area (Å²) >= 11 is 0. The first-order chi connectivity index (χ1) is 7.83. The lowest BCUT2D eigenvalue weighted by Crippen LogP contribution is -2.13. The fourth-order valence-corrected chi connectivity index (χ4v) is 1.87. The molecule has 1 aromatic heterocycles. The Morgan fingerprint density at radius 2 is 2.25 bits per heavy atom. The Morgan fingerprint density at radius 1 is 1.38 bits per heavy atom. The Morgan fingerprint density at radius 3 is 3.06 bits per heavy atom. The summed E-state index contributed by atoms with van der Waals surface area (Å²) in [6.07, 6.45) is 4.49. The molecule has 3 heteroatoms. The maximum absolute atomic E-state index is 6.15. The van der Waals surface area contributed by atoms with Crippen LogP contribution in [0.15, 0.2) is 36.7 Å². The lowest BCUT2D eigenvalue weighted by atomic mass is 9.99. The molecule has 2 rings (SSSR count). The monoisotopic (exact) mass is 216 g/mol. The highest BCUT2D eigenvalue weighted by Gasteiger charge is 2.08. The van der Waals surface area contributed by atoms with Gasteiger partial charge in [0, 0.05) is 37.5 Å². The lowest BCUT2D eigenvalue weighted by Gasteiger charge is -2.13. The molecule has 16 heavy (non-hydrogen) atoms. The summed E-state index contributed by atoms with van der Waals surface area (Å²) in [6, 6.07) is 8.17. The third-order valence-electron chi connectivity index (χ3n) is 2.75. The molecule has 1 aromatic carbocycles. The van der Waals surface area contributed by atoms with Crippen LogP contribution in [0.3, 0.4) is 0 Å². The molecule has 0 saturated heterocycles. The zero-order chi connectivity index (χ0) is 11.4. The fourth-order valence-electron chi connectivity index (χ4n) is 1.87. The minimum atomic E-state index is 0.0195. The van der Waals surface area contributed by atoms with Gasteiger partial charge < -0.3 is 10.5 Å². The van der Waals surface area contributed by atoms with Crippen LogP contribution in [0, 0.1) is 0 Å². The largest absolute Gasteiger partial charge is 0.385 e. The Kier molecular flexibility index (Phi) is 3.49. The third kappa shape index (κ3) is 2.21. The number of ether oxygens (including phenoxy) is 1. The molecule has 1 atom stereocenters. The number of methoxy groups -OCH3 is 1. The second-order valence-electron chi connectivity index (χ2n) is 3.83. The van der Waals surface area contributed by atoms with Gasteiger partial charge >= 0.3 is 0 Å². The molecule has 1 heterocycles. The molecule has 0 bridgehead atoms. The van der Waals surface area contributed by atoms with Gasteiger partial charge in [-0.15, -0.1) is 0 Å². The van der Waals surface area contributed by atoms with E-state index >= 15 is 0 Å². The van der Waals surface area contributed by atoms with Gasteiger partial charge in [-0.1, -0.05) is 18.2 Å². The van der Waals surface area contributed by atoms with E-state index < -0.39 is 0 Å². The highest BCUT2D eigenvalue weighted by atomic mass is 16.5. The summed E-state index contributed by atoms with van der Waals surface area (Å²) in [5.41, 5.74) is 7.31. The molecule has 84 valence electrons. The van der Waals surface area contributed by atoms with E-state index in [2.05, 4.69) is 17.1 Å². The van der Waals surface area contributed by atoms with Gasteiger partial charge in [-0.05, 0) is 23.4 Å². The molecule has 0 fully saturated rings. The summed E-state index contributed by atoms with van der Waals surface area (Å²) in [7, 11) is 1.69.